The number of alkyl halides is 3. The van der Waals surface area contributed by atoms with E-state index in [1.165, 1.54) is 23.9 Å². The van der Waals surface area contributed by atoms with Crippen LogP contribution in [-0.4, -0.2) is 14.7 Å². The molecule has 23 heavy (non-hydrogen) atoms. The van der Waals surface area contributed by atoms with E-state index < -0.39 is 26.7 Å². The number of thioether (sulfide) groups is 1. The molecule has 0 saturated carbocycles. The van der Waals surface area contributed by atoms with Gasteiger partial charge in [-0.1, -0.05) is 17.7 Å². The lowest BCUT2D eigenvalue weighted by Crippen LogP contribution is -2.15. The van der Waals surface area contributed by atoms with Crippen molar-refractivity contribution in [2.45, 2.75) is 16.0 Å². The summed E-state index contributed by atoms with van der Waals surface area (Å²) in [5.74, 6) is 0. The number of nitrogens with one attached hydrogen (secondary N) is 1. The molecule has 2 aromatic carbocycles. The molecule has 3 nitrogen and oxygen atoms in total. The molecule has 0 spiro atoms. The highest BCUT2D eigenvalue weighted by Gasteiger charge is 2.31. The van der Waals surface area contributed by atoms with Crippen LogP contribution < -0.4 is 4.72 Å². The zero-order valence-corrected chi connectivity index (χ0v) is 14.1. The van der Waals surface area contributed by atoms with Gasteiger partial charge in [-0.15, -0.1) is 11.8 Å². The minimum atomic E-state index is -4.61. The minimum Gasteiger partial charge on any atom is -0.278 e. The third kappa shape index (κ3) is 4.33. The highest BCUT2D eigenvalue weighted by Crippen LogP contribution is 2.33. The third-order valence-corrected chi connectivity index (χ3v) is 5.26. The van der Waals surface area contributed by atoms with E-state index in [9.17, 15) is 21.6 Å². The molecule has 0 aliphatic carbocycles. The molecule has 0 aliphatic heterocycles. The third-order valence-electron chi connectivity index (χ3n) is 2.88. The molecular weight excluding hydrogens is 371 g/mol. The van der Waals surface area contributed by atoms with Crippen LogP contribution in [0.1, 0.15) is 5.56 Å². The van der Waals surface area contributed by atoms with Gasteiger partial charge in [-0.2, -0.15) is 13.2 Å². The Bertz CT molecular complexity index is 823. The van der Waals surface area contributed by atoms with Crippen LogP contribution in [0, 0.1) is 0 Å². The summed E-state index contributed by atoms with van der Waals surface area (Å²) in [5, 5.41) is 0.427. The Labute approximate surface area is 140 Å². The average molecular weight is 382 g/mol. The van der Waals surface area contributed by atoms with Crippen molar-refractivity contribution in [2.75, 3.05) is 11.0 Å². The second kappa shape index (κ2) is 6.62. The quantitative estimate of drug-likeness (QED) is 0.767. The maximum atomic E-state index is 12.7. The van der Waals surface area contributed by atoms with Crippen molar-refractivity contribution in [3.8, 4) is 0 Å². The summed E-state index contributed by atoms with van der Waals surface area (Å²) < 4.78 is 65.1. The Hall–Kier alpha value is -1.38. The minimum absolute atomic E-state index is 0.249. The van der Waals surface area contributed by atoms with Gasteiger partial charge < -0.3 is 0 Å². The summed E-state index contributed by atoms with van der Waals surface area (Å²) in [6.07, 6.45) is -2.88. The summed E-state index contributed by atoms with van der Waals surface area (Å²) >= 11 is 7.10. The SMILES string of the molecule is CSc1cc(Cl)ccc1NS(=O)(=O)c1cccc(C(F)(F)F)c1. The van der Waals surface area contributed by atoms with Gasteiger partial charge in [-0.3, -0.25) is 4.72 Å². The van der Waals surface area contributed by atoms with E-state index in [1.807, 2.05) is 0 Å². The zero-order valence-electron chi connectivity index (χ0n) is 11.7. The van der Waals surface area contributed by atoms with Crippen LogP contribution in [0.25, 0.3) is 0 Å². The standard InChI is InChI=1S/C14H11ClF3NO2S2/c1-22-13-8-10(15)5-6-12(13)19-23(20,21)11-4-2-3-9(7-11)14(16,17)18/h2-8,19H,1H3. The first-order valence-electron chi connectivity index (χ1n) is 6.17. The zero-order chi connectivity index (χ0) is 17.3. The van der Waals surface area contributed by atoms with E-state index in [0.717, 1.165) is 18.2 Å². The van der Waals surface area contributed by atoms with Crippen LogP contribution in [0.5, 0.6) is 0 Å². The average Bonchev–Trinajstić information content (AvgIpc) is 2.48. The fraction of sp³-hybridized carbons (Fsp3) is 0.143. The fourth-order valence-electron chi connectivity index (χ4n) is 1.79. The summed E-state index contributed by atoms with van der Waals surface area (Å²) in [6, 6.07) is 8.08. The summed E-state index contributed by atoms with van der Waals surface area (Å²) in [7, 11) is -4.15. The van der Waals surface area contributed by atoms with Crippen molar-refractivity contribution in [3.63, 3.8) is 0 Å². The van der Waals surface area contributed by atoms with Crippen molar-refractivity contribution in [3.05, 3.63) is 53.1 Å². The molecule has 1 N–H and O–H groups in total. The molecule has 0 heterocycles. The van der Waals surface area contributed by atoms with Crippen LogP contribution in [0.15, 0.2) is 52.3 Å². The number of anilines is 1. The van der Waals surface area contributed by atoms with Crippen molar-refractivity contribution in [2.24, 2.45) is 0 Å². The second-order valence-electron chi connectivity index (χ2n) is 4.48. The van der Waals surface area contributed by atoms with Crippen LogP contribution >= 0.6 is 23.4 Å². The van der Waals surface area contributed by atoms with Gasteiger partial charge in [0.2, 0.25) is 0 Å². The van der Waals surface area contributed by atoms with E-state index >= 15 is 0 Å². The van der Waals surface area contributed by atoms with Crippen LogP contribution in [-0.2, 0) is 16.2 Å². The van der Waals surface area contributed by atoms with Crippen molar-refractivity contribution in [1.29, 1.82) is 0 Å². The van der Waals surface area contributed by atoms with E-state index in [1.54, 1.807) is 12.3 Å². The Morgan fingerprint density at radius 3 is 2.43 bits per heavy atom. The largest absolute Gasteiger partial charge is 0.416 e. The molecule has 124 valence electrons. The van der Waals surface area contributed by atoms with E-state index in [2.05, 4.69) is 4.72 Å². The number of hydrogen-bond donors (Lipinski definition) is 1. The van der Waals surface area contributed by atoms with Crippen molar-refractivity contribution >= 4 is 39.1 Å². The lowest BCUT2D eigenvalue weighted by atomic mass is 10.2. The van der Waals surface area contributed by atoms with Crippen LogP contribution in [0.4, 0.5) is 18.9 Å². The smallest absolute Gasteiger partial charge is 0.278 e. The Morgan fingerprint density at radius 2 is 1.83 bits per heavy atom. The fourth-order valence-corrected chi connectivity index (χ4v) is 3.80. The molecule has 0 amide bonds. The number of benzene rings is 2. The van der Waals surface area contributed by atoms with Gasteiger partial charge in [0.05, 0.1) is 16.1 Å². The summed E-state index contributed by atoms with van der Waals surface area (Å²) in [6.45, 7) is 0. The first kappa shape index (κ1) is 18.0. The van der Waals surface area contributed by atoms with Gasteiger partial charge in [-0.25, -0.2) is 8.42 Å². The maximum absolute atomic E-state index is 12.7. The molecule has 0 fully saturated rings. The molecule has 9 heteroatoms. The van der Waals surface area contributed by atoms with E-state index in [0.29, 0.717) is 16.0 Å². The molecule has 0 bridgehead atoms. The van der Waals surface area contributed by atoms with Crippen LogP contribution in [0.2, 0.25) is 5.02 Å². The Kier molecular flexibility index (Phi) is 5.17. The maximum Gasteiger partial charge on any atom is 0.416 e. The first-order chi connectivity index (χ1) is 10.6. The van der Waals surface area contributed by atoms with Gasteiger partial charge in [-0.05, 0) is 42.7 Å². The molecular formula is C14H11ClF3NO2S2. The van der Waals surface area contributed by atoms with Crippen molar-refractivity contribution < 1.29 is 21.6 Å². The van der Waals surface area contributed by atoms with Gasteiger partial charge in [0.15, 0.2) is 0 Å². The normalized spacial score (nSPS) is 12.2. The summed E-state index contributed by atoms with van der Waals surface area (Å²) in [4.78, 5) is 0.0994. The predicted octanol–water partition coefficient (Wildman–Crippen LogP) is 4.88. The monoisotopic (exact) mass is 381 g/mol. The molecule has 0 radical (unpaired) electrons. The van der Waals surface area contributed by atoms with Gasteiger partial charge in [0.1, 0.15) is 0 Å². The van der Waals surface area contributed by atoms with Crippen molar-refractivity contribution in [1.82, 2.24) is 0 Å². The predicted molar refractivity (Wildman–Crippen MR) is 85.5 cm³/mol. The highest BCUT2D eigenvalue weighted by molar-refractivity contribution is 7.99. The summed E-state index contributed by atoms with van der Waals surface area (Å²) in [5.41, 5.74) is -0.777. The highest BCUT2D eigenvalue weighted by atomic mass is 35.5. The molecule has 0 aromatic heterocycles. The lowest BCUT2D eigenvalue weighted by molar-refractivity contribution is -0.137. The van der Waals surface area contributed by atoms with E-state index in [-0.39, 0.29) is 5.69 Å². The molecule has 2 aromatic rings. The Morgan fingerprint density at radius 1 is 1.13 bits per heavy atom. The van der Waals surface area contributed by atoms with E-state index in [4.69, 9.17) is 11.6 Å². The number of hydrogen-bond acceptors (Lipinski definition) is 3. The molecule has 0 unspecified atom stereocenters. The Balaban J connectivity index is 2.40. The number of sulfonamides is 1. The molecule has 0 aliphatic rings. The molecule has 2 rings (SSSR count). The number of rotatable bonds is 4. The first-order valence-corrected chi connectivity index (χ1v) is 9.26. The van der Waals surface area contributed by atoms with Gasteiger partial charge >= 0.3 is 6.18 Å². The second-order valence-corrected chi connectivity index (χ2v) is 7.44. The topological polar surface area (TPSA) is 46.2 Å². The lowest BCUT2D eigenvalue weighted by Gasteiger charge is -2.13. The van der Waals surface area contributed by atoms with Crippen LogP contribution in [0.3, 0.4) is 0 Å². The van der Waals surface area contributed by atoms with Gasteiger partial charge in [0, 0.05) is 9.92 Å². The number of halogens is 4. The molecule has 0 atom stereocenters. The molecule has 0 saturated heterocycles. The van der Waals surface area contributed by atoms with Gasteiger partial charge in [0.25, 0.3) is 10.0 Å².